The number of halogens is 1. The maximum atomic E-state index is 12.6. The van der Waals surface area contributed by atoms with Gasteiger partial charge in [0.15, 0.2) is 0 Å². The number of methoxy groups -OCH3 is 1. The second-order valence-electron chi connectivity index (χ2n) is 4.33. The second-order valence-corrected chi connectivity index (χ2v) is 7.32. The smallest absolute Gasteiger partial charge is 0.263 e. The molecule has 0 amide bonds. The van der Waals surface area contributed by atoms with E-state index in [1.54, 1.807) is 24.4 Å². The van der Waals surface area contributed by atoms with Crippen LogP contribution >= 0.6 is 22.9 Å². The zero-order valence-corrected chi connectivity index (χ0v) is 13.9. The molecule has 21 heavy (non-hydrogen) atoms. The molecular formula is C13H15ClN2O3S2. The number of aryl methyl sites for hydroxylation is 1. The third-order valence-electron chi connectivity index (χ3n) is 2.86. The molecule has 5 nitrogen and oxygen atoms in total. The first-order valence-electron chi connectivity index (χ1n) is 6.02. The summed E-state index contributed by atoms with van der Waals surface area (Å²) >= 11 is 7.35. The van der Waals surface area contributed by atoms with Crippen LogP contribution in [0.5, 0.6) is 5.75 Å². The van der Waals surface area contributed by atoms with Gasteiger partial charge in [-0.1, -0.05) is 11.6 Å². The van der Waals surface area contributed by atoms with Crippen LogP contribution in [0.4, 0.5) is 5.69 Å². The molecule has 0 aliphatic rings. The molecule has 3 N–H and O–H groups in total. The molecule has 1 aromatic carbocycles. The van der Waals surface area contributed by atoms with Gasteiger partial charge in [-0.15, -0.1) is 11.3 Å². The highest BCUT2D eigenvalue weighted by Crippen LogP contribution is 2.32. The topological polar surface area (TPSA) is 81.4 Å². The summed E-state index contributed by atoms with van der Waals surface area (Å²) in [6.45, 7) is 1.90. The Labute approximate surface area is 132 Å². The van der Waals surface area contributed by atoms with Gasteiger partial charge in [-0.3, -0.25) is 4.72 Å². The van der Waals surface area contributed by atoms with E-state index in [2.05, 4.69) is 4.72 Å². The van der Waals surface area contributed by atoms with Crippen molar-refractivity contribution in [2.45, 2.75) is 18.4 Å². The van der Waals surface area contributed by atoms with Gasteiger partial charge in [-0.25, -0.2) is 8.42 Å². The van der Waals surface area contributed by atoms with Crippen LogP contribution in [0.3, 0.4) is 0 Å². The first-order valence-corrected chi connectivity index (χ1v) is 8.76. The van der Waals surface area contributed by atoms with Crippen LogP contribution in [-0.2, 0) is 16.6 Å². The molecule has 0 bridgehead atoms. The number of nitrogens with one attached hydrogen (secondary N) is 1. The predicted molar refractivity (Wildman–Crippen MR) is 85.8 cm³/mol. The summed E-state index contributed by atoms with van der Waals surface area (Å²) < 4.78 is 32.7. The molecule has 2 aromatic rings. The Balaban J connectivity index is 2.44. The summed E-state index contributed by atoms with van der Waals surface area (Å²) in [5, 5.41) is 2.06. The van der Waals surface area contributed by atoms with Crippen LogP contribution in [0.15, 0.2) is 28.5 Å². The molecule has 8 heteroatoms. The highest BCUT2D eigenvalue weighted by atomic mass is 35.5. The number of ether oxygens (including phenoxy) is 1. The fourth-order valence-corrected chi connectivity index (χ4v) is 4.89. The second kappa shape index (κ2) is 6.23. The number of rotatable bonds is 5. The van der Waals surface area contributed by atoms with Crippen molar-refractivity contribution in [3.8, 4) is 5.75 Å². The van der Waals surface area contributed by atoms with Crippen LogP contribution in [0.1, 0.15) is 10.4 Å². The van der Waals surface area contributed by atoms with E-state index in [4.69, 9.17) is 22.1 Å². The fraction of sp³-hybridized carbons (Fsp3) is 0.231. The van der Waals surface area contributed by atoms with E-state index in [-0.39, 0.29) is 17.1 Å². The number of thiophene rings is 1. The van der Waals surface area contributed by atoms with Crippen molar-refractivity contribution in [1.29, 1.82) is 0 Å². The van der Waals surface area contributed by atoms with E-state index in [1.807, 2.05) is 0 Å². The Morgan fingerprint density at radius 3 is 2.76 bits per heavy atom. The van der Waals surface area contributed by atoms with Crippen molar-refractivity contribution in [1.82, 2.24) is 0 Å². The molecule has 1 aromatic heterocycles. The normalized spacial score (nSPS) is 11.4. The molecule has 0 aliphatic heterocycles. The average molecular weight is 347 g/mol. The highest BCUT2D eigenvalue weighted by molar-refractivity contribution is 7.93. The van der Waals surface area contributed by atoms with Gasteiger partial charge in [0.05, 0.1) is 17.8 Å². The molecule has 0 radical (unpaired) electrons. The Bertz CT molecular complexity index is 757. The maximum Gasteiger partial charge on any atom is 0.263 e. The maximum absolute atomic E-state index is 12.6. The average Bonchev–Trinajstić information content (AvgIpc) is 2.83. The number of anilines is 1. The molecule has 2 rings (SSSR count). The Kier molecular flexibility index (Phi) is 4.77. The summed E-state index contributed by atoms with van der Waals surface area (Å²) in [5.41, 5.74) is 6.53. The summed E-state index contributed by atoms with van der Waals surface area (Å²) in [6.07, 6.45) is 0. The van der Waals surface area contributed by atoms with E-state index in [9.17, 15) is 8.42 Å². The first kappa shape index (κ1) is 16.1. The van der Waals surface area contributed by atoms with Gasteiger partial charge in [0.25, 0.3) is 10.0 Å². The minimum atomic E-state index is -3.75. The Morgan fingerprint density at radius 1 is 1.43 bits per heavy atom. The summed E-state index contributed by atoms with van der Waals surface area (Å²) in [7, 11) is -2.25. The van der Waals surface area contributed by atoms with Gasteiger partial charge in [-0.05, 0) is 30.0 Å². The molecule has 1 heterocycles. The number of hydrogen-bond acceptors (Lipinski definition) is 5. The van der Waals surface area contributed by atoms with Gasteiger partial charge in [0.2, 0.25) is 0 Å². The van der Waals surface area contributed by atoms with Crippen molar-refractivity contribution in [3.63, 3.8) is 0 Å². The largest absolute Gasteiger partial charge is 0.497 e. The van der Waals surface area contributed by atoms with E-state index >= 15 is 0 Å². The predicted octanol–water partition coefficient (Wildman–Crippen LogP) is 2.98. The van der Waals surface area contributed by atoms with Gasteiger partial charge in [0.1, 0.15) is 10.6 Å². The molecular weight excluding hydrogens is 332 g/mol. The molecule has 0 unspecified atom stereocenters. The molecule has 0 saturated heterocycles. The summed E-state index contributed by atoms with van der Waals surface area (Å²) in [5.74, 6) is 0.512. The van der Waals surface area contributed by atoms with Gasteiger partial charge >= 0.3 is 0 Å². The van der Waals surface area contributed by atoms with E-state index in [0.29, 0.717) is 21.2 Å². The zero-order valence-electron chi connectivity index (χ0n) is 11.5. The standard InChI is InChI=1S/C13H15ClN2O3S2/c1-8-7-20-12(6-15)13(8)21(17,18)16-11-5-9(19-2)3-4-10(11)14/h3-5,7,16H,6,15H2,1-2H3. The number of sulfonamides is 1. The molecule has 0 saturated carbocycles. The van der Waals surface area contributed by atoms with E-state index < -0.39 is 10.0 Å². The van der Waals surface area contributed by atoms with E-state index in [0.717, 1.165) is 0 Å². The van der Waals surface area contributed by atoms with Crippen LogP contribution in [-0.4, -0.2) is 15.5 Å². The quantitative estimate of drug-likeness (QED) is 0.872. The van der Waals surface area contributed by atoms with Crippen molar-refractivity contribution >= 4 is 38.6 Å². The summed E-state index contributed by atoms with van der Waals surface area (Å²) in [6, 6.07) is 4.76. The third kappa shape index (κ3) is 3.32. The minimum Gasteiger partial charge on any atom is -0.497 e. The lowest BCUT2D eigenvalue weighted by Gasteiger charge is -2.12. The Hall–Kier alpha value is -1.28. The lowest BCUT2D eigenvalue weighted by molar-refractivity contribution is 0.415. The van der Waals surface area contributed by atoms with Crippen LogP contribution in [0.25, 0.3) is 0 Å². The van der Waals surface area contributed by atoms with Gasteiger partial charge < -0.3 is 10.5 Å². The minimum absolute atomic E-state index is 0.167. The molecule has 0 spiro atoms. The van der Waals surface area contributed by atoms with Crippen LogP contribution in [0, 0.1) is 6.92 Å². The lowest BCUT2D eigenvalue weighted by atomic mass is 10.3. The SMILES string of the molecule is COc1ccc(Cl)c(NS(=O)(=O)c2c(C)csc2CN)c1. The molecule has 114 valence electrons. The van der Waals surface area contributed by atoms with Crippen molar-refractivity contribution in [3.05, 3.63) is 39.0 Å². The number of benzene rings is 1. The Morgan fingerprint density at radius 2 is 2.14 bits per heavy atom. The molecule has 0 fully saturated rings. The number of nitrogens with two attached hydrogens (primary N) is 1. The lowest BCUT2D eigenvalue weighted by Crippen LogP contribution is -2.16. The molecule has 0 atom stereocenters. The third-order valence-corrected chi connectivity index (χ3v) is 6.04. The van der Waals surface area contributed by atoms with Crippen molar-refractivity contribution in [2.24, 2.45) is 5.73 Å². The highest BCUT2D eigenvalue weighted by Gasteiger charge is 2.23. The monoisotopic (exact) mass is 346 g/mol. The van der Waals surface area contributed by atoms with Crippen molar-refractivity contribution in [2.75, 3.05) is 11.8 Å². The number of hydrogen-bond donors (Lipinski definition) is 2. The van der Waals surface area contributed by atoms with E-state index in [1.165, 1.54) is 24.5 Å². The van der Waals surface area contributed by atoms with Crippen LogP contribution < -0.4 is 15.2 Å². The first-order chi connectivity index (χ1) is 9.89. The zero-order chi connectivity index (χ0) is 15.6. The van der Waals surface area contributed by atoms with Gasteiger partial charge in [-0.2, -0.15) is 0 Å². The molecule has 0 aliphatic carbocycles. The summed E-state index contributed by atoms with van der Waals surface area (Å²) in [4.78, 5) is 0.827. The van der Waals surface area contributed by atoms with Gasteiger partial charge in [0, 0.05) is 17.5 Å². The van der Waals surface area contributed by atoms with Crippen molar-refractivity contribution < 1.29 is 13.2 Å². The fourth-order valence-electron chi connectivity index (χ4n) is 1.89. The van der Waals surface area contributed by atoms with Crippen LogP contribution in [0.2, 0.25) is 5.02 Å².